The number of nitrogens with zero attached hydrogens (tertiary/aromatic N) is 1. The van der Waals surface area contributed by atoms with Crippen LogP contribution in [-0.2, 0) is 0 Å². The van der Waals surface area contributed by atoms with Crippen LogP contribution in [0.2, 0.25) is 5.02 Å². The Bertz CT molecular complexity index is 1010. The van der Waals surface area contributed by atoms with Crippen molar-refractivity contribution in [1.29, 1.82) is 0 Å². The minimum atomic E-state index is -1.59. The fraction of sp³-hybridized carbons (Fsp3) is 0. The normalized spacial score (nSPS) is 11.3. The number of hydrogen-bond acceptors (Lipinski definition) is 2. The van der Waals surface area contributed by atoms with Crippen LogP contribution in [0.1, 0.15) is 0 Å². The van der Waals surface area contributed by atoms with Crippen molar-refractivity contribution in [3.63, 3.8) is 0 Å². The molecule has 0 bridgehead atoms. The number of para-hydroxylation sites is 2. The number of fused-ring (bicyclic) bond motifs is 3. The highest BCUT2D eigenvalue weighted by Gasteiger charge is 2.20. The minimum Gasteiger partial charge on any atom is -0.423 e. The van der Waals surface area contributed by atoms with E-state index in [0.717, 1.165) is 27.5 Å². The van der Waals surface area contributed by atoms with Gasteiger partial charge in [-0.05, 0) is 24.3 Å². The summed E-state index contributed by atoms with van der Waals surface area (Å²) in [5.74, 6) is 0. The van der Waals surface area contributed by atoms with Gasteiger partial charge >= 0.3 is 7.12 Å². The molecule has 0 saturated heterocycles. The van der Waals surface area contributed by atoms with Crippen molar-refractivity contribution in [2.45, 2.75) is 0 Å². The molecule has 0 unspecified atom stereocenters. The summed E-state index contributed by atoms with van der Waals surface area (Å²) < 4.78 is 2.13. The Balaban J connectivity index is 2.18. The summed E-state index contributed by atoms with van der Waals surface area (Å²) in [4.78, 5) is 0. The van der Waals surface area contributed by atoms with Crippen LogP contribution < -0.4 is 5.46 Å². The van der Waals surface area contributed by atoms with Gasteiger partial charge in [-0.25, -0.2) is 0 Å². The lowest BCUT2D eigenvalue weighted by Gasteiger charge is -2.09. The van der Waals surface area contributed by atoms with Crippen LogP contribution in [-0.4, -0.2) is 21.7 Å². The highest BCUT2D eigenvalue weighted by atomic mass is 35.5. The monoisotopic (exact) mass is 321 g/mol. The van der Waals surface area contributed by atoms with Crippen LogP contribution in [0.3, 0.4) is 0 Å². The van der Waals surface area contributed by atoms with E-state index in [1.165, 1.54) is 0 Å². The quantitative estimate of drug-likeness (QED) is 0.557. The summed E-state index contributed by atoms with van der Waals surface area (Å²) in [5, 5.41) is 21.4. The molecule has 2 N–H and O–H groups in total. The molecule has 0 aliphatic carbocycles. The summed E-state index contributed by atoms with van der Waals surface area (Å²) in [6, 6.07) is 21.6. The van der Waals surface area contributed by atoms with E-state index in [2.05, 4.69) is 4.57 Å². The average molecular weight is 322 g/mol. The van der Waals surface area contributed by atoms with E-state index < -0.39 is 7.12 Å². The number of halogens is 1. The molecular formula is C18H13BClNO2. The molecule has 0 atom stereocenters. The first-order valence-electron chi connectivity index (χ1n) is 7.31. The maximum absolute atomic E-state index is 9.52. The van der Waals surface area contributed by atoms with Gasteiger partial charge in [0.05, 0.1) is 11.0 Å². The first-order valence-corrected chi connectivity index (χ1v) is 7.69. The summed E-state index contributed by atoms with van der Waals surface area (Å²) in [5.41, 5.74) is 3.34. The van der Waals surface area contributed by atoms with Crippen molar-refractivity contribution < 1.29 is 10.0 Å². The molecule has 0 aliphatic rings. The smallest absolute Gasteiger partial charge is 0.423 e. The summed E-state index contributed by atoms with van der Waals surface area (Å²) in [6.07, 6.45) is 0. The molecule has 4 aromatic rings. The van der Waals surface area contributed by atoms with Gasteiger partial charge in [-0.1, -0.05) is 54.1 Å². The van der Waals surface area contributed by atoms with E-state index in [4.69, 9.17) is 11.6 Å². The number of rotatable bonds is 2. The second kappa shape index (κ2) is 5.42. The molecule has 1 aromatic heterocycles. The van der Waals surface area contributed by atoms with Crippen LogP contribution in [0.4, 0.5) is 0 Å². The van der Waals surface area contributed by atoms with Crippen molar-refractivity contribution in [3.05, 3.63) is 71.8 Å². The van der Waals surface area contributed by atoms with Gasteiger partial charge in [-0.3, -0.25) is 0 Å². The first-order chi connectivity index (χ1) is 11.2. The Kier molecular flexibility index (Phi) is 3.38. The first kappa shape index (κ1) is 14.3. The van der Waals surface area contributed by atoms with Gasteiger partial charge in [-0.2, -0.15) is 0 Å². The van der Waals surface area contributed by atoms with E-state index in [1.54, 1.807) is 12.1 Å². The Morgan fingerprint density at radius 3 is 2.22 bits per heavy atom. The Hall–Kier alpha value is -2.27. The van der Waals surface area contributed by atoms with Gasteiger partial charge in [-0.15, -0.1) is 0 Å². The molecule has 4 rings (SSSR count). The third-order valence-electron chi connectivity index (χ3n) is 4.08. The summed E-state index contributed by atoms with van der Waals surface area (Å²) in [6.45, 7) is 0. The summed E-state index contributed by atoms with van der Waals surface area (Å²) in [7, 11) is -1.59. The SMILES string of the molecule is OB(O)c1cc2c3ccccc3n(-c3ccccc3)c2cc1Cl. The van der Waals surface area contributed by atoms with Crippen LogP contribution in [0, 0.1) is 0 Å². The van der Waals surface area contributed by atoms with Crippen LogP contribution >= 0.6 is 11.6 Å². The molecule has 3 nitrogen and oxygen atoms in total. The molecule has 112 valence electrons. The molecule has 5 heteroatoms. The van der Waals surface area contributed by atoms with Crippen LogP contribution in [0.5, 0.6) is 0 Å². The fourth-order valence-corrected chi connectivity index (χ4v) is 3.31. The third-order valence-corrected chi connectivity index (χ3v) is 4.41. The molecule has 0 fully saturated rings. The highest BCUT2D eigenvalue weighted by Crippen LogP contribution is 2.32. The predicted molar refractivity (Wildman–Crippen MR) is 95.6 cm³/mol. The largest absolute Gasteiger partial charge is 0.489 e. The van der Waals surface area contributed by atoms with Gasteiger partial charge in [0.2, 0.25) is 0 Å². The third kappa shape index (κ3) is 2.23. The van der Waals surface area contributed by atoms with E-state index in [1.807, 2.05) is 54.6 Å². The second-order valence-electron chi connectivity index (χ2n) is 5.45. The standard InChI is InChI=1S/C18H13BClNO2/c20-16-11-18-14(10-15(16)19(22)23)13-8-4-5-9-17(13)21(18)12-6-2-1-3-7-12/h1-11,22-23H. The zero-order chi connectivity index (χ0) is 16.0. The maximum atomic E-state index is 9.52. The van der Waals surface area contributed by atoms with Gasteiger partial charge in [0.25, 0.3) is 0 Å². The fourth-order valence-electron chi connectivity index (χ4n) is 3.06. The van der Waals surface area contributed by atoms with Crippen molar-refractivity contribution in [1.82, 2.24) is 4.57 Å². The lowest BCUT2D eigenvalue weighted by Crippen LogP contribution is -2.30. The average Bonchev–Trinajstić information content (AvgIpc) is 2.88. The van der Waals surface area contributed by atoms with Gasteiger partial charge in [0.1, 0.15) is 0 Å². The zero-order valence-electron chi connectivity index (χ0n) is 12.1. The highest BCUT2D eigenvalue weighted by molar-refractivity contribution is 6.63. The van der Waals surface area contributed by atoms with Crippen LogP contribution in [0.25, 0.3) is 27.5 Å². The van der Waals surface area contributed by atoms with Gasteiger partial charge in [0, 0.05) is 26.9 Å². The number of hydrogen-bond donors (Lipinski definition) is 2. The zero-order valence-corrected chi connectivity index (χ0v) is 12.9. The van der Waals surface area contributed by atoms with Gasteiger partial charge < -0.3 is 14.6 Å². The molecule has 23 heavy (non-hydrogen) atoms. The van der Waals surface area contributed by atoms with E-state index in [0.29, 0.717) is 10.5 Å². The molecule has 0 radical (unpaired) electrons. The number of benzene rings is 3. The molecule has 1 heterocycles. The van der Waals surface area contributed by atoms with Gasteiger partial charge in [0.15, 0.2) is 0 Å². The van der Waals surface area contributed by atoms with E-state index in [-0.39, 0.29) is 0 Å². The maximum Gasteiger partial charge on any atom is 0.489 e. The van der Waals surface area contributed by atoms with Crippen molar-refractivity contribution in [2.75, 3.05) is 0 Å². The minimum absolute atomic E-state index is 0.315. The van der Waals surface area contributed by atoms with Crippen molar-refractivity contribution in [3.8, 4) is 5.69 Å². The lowest BCUT2D eigenvalue weighted by molar-refractivity contribution is 0.426. The second-order valence-corrected chi connectivity index (χ2v) is 5.86. The van der Waals surface area contributed by atoms with Crippen molar-refractivity contribution in [2.24, 2.45) is 0 Å². The number of aromatic nitrogens is 1. The van der Waals surface area contributed by atoms with E-state index in [9.17, 15) is 10.0 Å². The molecular weight excluding hydrogens is 308 g/mol. The Morgan fingerprint density at radius 1 is 0.783 bits per heavy atom. The summed E-state index contributed by atoms with van der Waals surface area (Å²) >= 11 is 6.25. The molecule has 0 amide bonds. The molecule has 0 aliphatic heterocycles. The lowest BCUT2D eigenvalue weighted by atomic mass is 9.79. The van der Waals surface area contributed by atoms with Crippen molar-refractivity contribution >= 4 is 46.0 Å². The van der Waals surface area contributed by atoms with E-state index >= 15 is 0 Å². The molecule has 0 saturated carbocycles. The molecule has 3 aromatic carbocycles. The van der Waals surface area contributed by atoms with Crippen LogP contribution in [0.15, 0.2) is 66.7 Å². The molecule has 0 spiro atoms. The predicted octanol–water partition coefficient (Wildman–Crippen LogP) is 3.12. The topological polar surface area (TPSA) is 45.4 Å². The Labute approximate surface area is 138 Å². The Morgan fingerprint density at radius 2 is 1.48 bits per heavy atom.